The maximum Gasteiger partial charge on any atom is 0.573 e. The number of ether oxygens (including phenoxy) is 2. The Balaban J connectivity index is 1.30. The van der Waals surface area contributed by atoms with Gasteiger partial charge in [0, 0.05) is 19.2 Å². The molecule has 0 bridgehead atoms. The maximum absolute atomic E-state index is 13.6. The van der Waals surface area contributed by atoms with Crippen LogP contribution in [0.3, 0.4) is 0 Å². The van der Waals surface area contributed by atoms with Crippen LogP contribution in [0.5, 0.6) is 11.5 Å². The highest BCUT2D eigenvalue weighted by atomic mass is 35.5. The molecule has 0 spiro atoms. The Morgan fingerprint density at radius 3 is 2.42 bits per heavy atom. The summed E-state index contributed by atoms with van der Waals surface area (Å²) in [7, 11) is 0. The first kappa shape index (κ1) is 31.5. The van der Waals surface area contributed by atoms with Gasteiger partial charge in [0.05, 0.1) is 40.0 Å². The van der Waals surface area contributed by atoms with Crippen molar-refractivity contribution in [3.63, 3.8) is 0 Å². The molecule has 5 rings (SSSR count). The van der Waals surface area contributed by atoms with Crippen LogP contribution < -0.4 is 14.8 Å². The van der Waals surface area contributed by atoms with Gasteiger partial charge < -0.3 is 24.6 Å². The monoisotopic (exact) mass is 652 g/mol. The Bertz CT molecular complexity index is 1740. The zero-order valence-electron chi connectivity index (χ0n) is 22.6. The fraction of sp³-hybridized carbons (Fsp3) is 0.241. The molecule has 2 heterocycles. The molecule has 1 N–H and O–H groups in total. The fourth-order valence-electron chi connectivity index (χ4n) is 4.91. The van der Waals surface area contributed by atoms with Crippen molar-refractivity contribution in [1.29, 1.82) is 5.26 Å². The van der Waals surface area contributed by atoms with E-state index in [0.717, 1.165) is 24.3 Å². The number of nitriles is 1. The van der Waals surface area contributed by atoms with Gasteiger partial charge in [-0.15, -0.1) is 13.2 Å². The van der Waals surface area contributed by atoms with E-state index in [1.54, 1.807) is 6.07 Å². The van der Waals surface area contributed by atoms with Gasteiger partial charge in [0.15, 0.2) is 6.61 Å². The Kier molecular flexibility index (Phi) is 8.28. The van der Waals surface area contributed by atoms with Crippen molar-refractivity contribution in [3.05, 3.63) is 76.3 Å². The number of anilines is 1. The first-order chi connectivity index (χ1) is 21.1. The number of piperazine rings is 1. The van der Waals surface area contributed by atoms with Crippen LogP contribution in [-0.4, -0.2) is 66.2 Å². The summed E-state index contributed by atoms with van der Waals surface area (Å²) in [6.07, 6.45) is -9.64. The van der Waals surface area contributed by atoms with Gasteiger partial charge >= 0.3 is 12.5 Å². The third-order valence-electron chi connectivity index (χ3n) is 7.02. The van der Waals surface area contributed by atoms with Crippen molar-refractivity contribution >= 4 is 35.0 Å². The van der Waals surface area contributed by atoms with Gasteiger partial charge in [-0.25, -0.2) is 0 Å². The normalized spacial score (nSPS) is 16.6. The smallest absolute Gasteiger partial charge is 0.482 e. The van der Waals surface area contributed by atoms with Crippen molar-refractivity contribution in [2.75, 3.05) is 31.6 Å². The van der Waals surface area contributed by atoms with Gasteiger partial charge in [0.25, 0.3) is 11.8 Å². The van der Waals surface area contributed by atoms with Crippen LogP contribution in [0.4, 0.5) is 32.0 Å². The number of nitrogens with one attached hydrogen (secondary N) is 1. The molecular formula is C29H19ClF6N4O5. The molecule has 3 aromatic carbocycles. The zero-order chi connectivity index (χ0) is 32.7. The number of halogens is 7. The van der Waals surface area contributed by atoms with Gasteiger partial charge in [-0.05, 0) is 53.6 Å². The Hall–Kier alpha value is -4.97. The van der Waals surface area contributed by atoms with E-state index in [-0.39, 0.29) is 58.3 Å². The number of amides is 3. The van der Waals surface area contributed by atoms with Crippen molar-refractivity contribution < 1.29 is 50.2 Å². The molecule has 1 saturated heterocycles. The minimum atomic E-state index is -4.93. The molecule has 16 heteroatoms. The maximum atomic E-state index is 13.6. The molecule has 234 valence electrons. The van der Waals surface area contributed by atoms with Crippen LogP contribution >= 0.6 is 11.6 Å². The number of hydrogen-bond donors (Lipinski definition) is 1. The van der Waals surface area contributed by atoms with E-state index in [9.17, 15) is 46.0 Å². The summed E-state index contributed by atoms with van der Waals surface area (Å²) >= 11 is 5.95. The quantitative estimate of drug-likeness (QED) is 0.366. The first-order valence-corrected chi connectivity index (χ1v) is 13.4. The Morgan fingerprint density at radius 2 is 1.76 bits per heavy atom. The van der Waals surface area contributed by atoms with Gasteiger partial charge in [0.1, 0.15) is 17.5 Å². The van der Waals surface area contributed by atoms with Crippen molar-refractivity contribution in [1.82, 2.24) is 9.80 Å². The molecule has 0 aliphatic carbocycles. The number of benzene rings is 3. The summed E-state index contributed by atoms with van der Waals surface area (Å²) in [6, 6.07) is 10.4. The molecule has 9 nitrogen and oxygen atoms in total. The van der Waals surface area contributed by atoms with E-state index >= 15 is 0 Å². The number of fused-ring (bicyclic) bond motifs is 2. The van der Waals surface area contributed by atoms with Crippen molar-refractivity contribution in [2.24, 2.45) is 0 Å². The number of nitrogens with zero attached hydrogens (tertiary/aromatic N) is 3. The van der Waals surface area contributed by atoms with Crippen molar-refractivity contribution in [2.45, 2.75) is 18.6 Å². The summed E-state index contributed by atoms with van der Waals surface area (Å²) < 4.78 is 86.7. The van der Waals surface area contributed by atoms with E-state index in [1.807, 2.05) is 0 Å². The van der Waals surface area contributed by atoms with Gasteiger partial charge in [-0.1, -0.05) is 17.7 Å². The van der Waals surface area contributed by atoms with Crippen molar-refractivity contribution in [3.8, 4) is 28.7 Å². The molecule has 0 saturated carbocycles. The van der Waals surface area contributed by atoms with Crippen LogP contribution in [0.1, 0.15) is 21.5 Å². The van der Waals surface area contributed by atoms with E-state index in [1.165, 1.54) is 34.1 Å². The summed E-state index contributed by atoms with van der Waals surface area (Å²) in [5, 5.41) is 11.6. The average Bonchev–Trinajstić information content (AvgIpc) is 3.08. The predicted octanol–water partition coefficient (Wildman–Crippen LogP) is 5.48. The molecule has 1 atom stereocenters. The summed E-state index contributed by atoms with van der Waals surface area (Å²) in [5.41, 5.74) is -0.888. The van der Waals surface area contributed by atoms with Crippen LogP contribution in [0.2, 0.25) is 5.02 Å². The largest absolute Gasteiger partial charge is 0.573 e. The van der Waals surface area contributed by atoms with E-state index in [0.29, 0.717) is 6.07 Å². The third kappa shape index (κ3) is 6.91. The topological polar surface area (TPSA) is 112 Å². The van der Waals surface area contributed by atoms with E-state index in [4.69, 9.17) is 16.3 Å². The van der Waals surface area contributed by atoms with Gasteiger partial charge in [-0.2, -0.15) is 18.4 Å². The number of carbonyl (C=O) groups excluding carboxylic acids is 3. The molecule has 1 unspecified atom stereocenters. The van der Waals surface area contributed by atoms with E-state index < -0.39 is 54.2 Å². The second kappa shape index (κ2) is 11.8. The highest BCUT2D eigenvalue weighted by molar-refractivity contribution is 6.32. The SMILES string of the molecule is N#Cc1cc(-c2ccc3c(c2)C(=O)N2CCN(C(=O)COc4ccc(OC(F)(F)F)cc4Cl)CC2C(=O)N3)cc(C(F)(F)F)c1. The highest BCUT2D eigenvalue weighted by Crippen LogP contribution is 2.36. The van der Waals surface area contributed by atoms with E-state index in [2.05, 4.69) is 10.1 Å². The molecule has 0 radical (unpaired) electrons. The molecule has 3 aromatic rings. The third-order valence-corrected chi connectivity index (χ3v) is 7.31. The lowest BCUT2D eigenvalue weighted by Gasteiger charge is -2.39. The molecular weight excluding hydrogens is 634 g/mol. The first-order valence-electron chi connectivity index (χ1n) is 13.0. The molecule has 1 fully saturated rings. The molecule has 3 amide bonds. The lowest BCUT2D eigenvalue weighted by atomic mass is 9.97. The Morgan fingerprint density at radius 1 is 1.00 bits per heavy atom. The summed E-state index contributed by atoms with van der Waals surface area (Å²) in [5.74, 6) is -2.47. The Labute approximate surface area is 255 Å². The molecule has 45 heavy (non-hydrogen) atoms. The lowest BCUT2D eigenvalue weighted by Crippen LogP contribution is -2.60. The van der Waals surface area contributed by atoms with Crippen LogP contribution in [0.25, 0.3) is 11.1 Å². The van der Waals surface area contributed by atoms with Gasteiger partial charge in [0.2, 0.25) is 5.91 Å². The predicted molar refractivity (Wildman–Crippen MR) is 145 cm³/mol. The molecule has 2 aliphatic rings. The second-order valence-corrected chi connectivity index (χ2v) is 10.3. The standard InChI is InChI=1S/C29H19ClF6N4O5/c30-21-11-19(45-29(34,35)36)2-4-24(21)44-14-25(41)39-5-6-40-23(13-39)26(42)38-22-3-1-16(10-20(22)27(40)43)17-7-15(12-37)8-18(9-17)28(31,32)33/h1-4,7-11,23H,5-6,13-14H2,(H,38,42). The summed E-state index contributed by atoms with van der Waals surface area (Å²) in [4.78, 5) is 42.1. The minimum Gasteiger partial charge on any atom is -0.482 e. The molecule has 2 aliphatic heterocycles. The number of rotatable bonds is 5. The minimum absolute atomic E-state index is 0.00200. The number of hydrogen-bond acceptors (Lipinski definition) is 6. The number of alkyl halides is 6. The number of carbonyl (C=O) groups is 3. The zero-order valence-corrected chi connectivity index (χ0v) is 23.4. The van der Waals surface area contributed by atoms with Crippen LogP contribution in [-0.2, 0) is 15.8 Å². The average molecular weight is 653 g/mol. The van der Waals surface area contributed by atoms with Crippen LogP contribution in [0, 0.1) is 11.3 Å². The van der Waals surface area contributed by atoms with Crippen LogP contribution in [0.15, 0.2) is 54.6 Å². The lowest BCUT2D eigenvalue weighted by molar-refractivity contribution is -0.274. The molecule has 0 aromatic heterocycles. The highest BCUT2D eigenvalue weighted by Gasteiger charge is 2.41. The summed E-state index contributed by atoms with van der Waals surface area (Å²) in [6.45, 7) is -0.866. The second-order valence-electron chi connectivity index (χ2n) is 9.94. The van der Waals surface area contributed by atoms with Gasteiger partial charge in [-0.3, -0.25) is 14.4 Å². The fourth-order valence-corrected chi connectivity index (χ4v) is 5.13.